The van der Waals surface area contributed by atoms with E-state index in [0.29, 0.717) is 5.92 Å². The second-order valence-electron chi connectivity index (χ2n) is 7.07. The smallest absolute Gasteiger partial charge is 0.119 e. The zero-order valence-corrected chi connectivity index (χ0v) is 15.7. The molecule has 2 aromatic heterocycles. The summed E-state index contributed by atoms with van der Waals surface area (Å²) in [6, 6.07) is 20.6. The number of pyridine rings is 2. The average Bonchev–Trinajstić information content (AvgIpc) is 2.75. The lowest BCUT2D eigenvalue weighted by Crippen LogP contribution is -2.34. The first-order valence-electron chi connectivity index (χ1n) is 9.55. The van der Waals surface area contributed by atoms with Gasteiger partial charge >= 0.3 is 0 Å². The minimum absolute atomic E-state index is 0.466. The van der Waals surface area contributed by atoms with Crippen LogP contribution >= 0.6 is 0 Å². The first-order chi connectivity index (χ1) is 13.3. The zero-order chi connectivity index (χ0) is 18.5. The molecule has 1 saturated heterocycles. The van der Waals surface area contributed by atoms with Crippen molar-refractivity contribution in [3.63, 3.8) is 0 Å². The Bertz CT molecular complexity index is 882. The molecule has 1 fully saturated rings. The van der Waals surface area contributed by atoms with E-state index in [1.54, 1.807) is 7.11 Å². The predicted molar refractivity (Wildman–Crippen MR) is 108 cm³/mol. The van der Waals surface area contributed by atoms with Gasteiger partial charge in [-0.1, -0.05) is 24.3 Å². The molecule has 0 saturated carbocycles. The number of hydrogen-bond acceptors (Lipinski definition) is 4. The number of likely N-dealkylation sites (tertiary alicyclic amines) is 1. The van der Waals surface area contributed by atoms with Crippen LogP contribution in [-0.2, 0) is 6.54 Å². The normalized spacial score (nSPS) is 17.6. The molecule has 0 aliphatic carbocycles. The third kappa shape index (κ3) is 4.34. The first kappa shape index (κ1) is 17.7. The third-order valence-electron chi connectivity index (χ3n) is 5.17. The fraction of sp³-hybridized carbons (Fsp3) is 0.304. The molecule has 138 valence electrons. The van der Waals surface area contributed by atoms with Crippen LogP contribution in [0, 0.1) is 0 Å². The van der Waals surface area contributed by atoms with Gasteiger partial charge in [0.25, 0.3) is 0 Å². The molecule has 0 unspecified atom stereocenters. The van der Waals surface area contributed by atoms with Crippen molar-refractivity contribution in [3.8, 4) is 17.0 Å². The highest BCUT2D eigenvalue weighted by molar-refractivity contribution is 5.61. The average molecular weight is 359 g/mol. The molecular formula is C23H25N3O. The van der Waals surface area contributed by atoms with Gasteiger partial charge in [0, 0.05) is 36.5 Å². The van der Waals surface area contributed by atoms with Crippen LogP contribution in [0.15, 0.2) is 66.9 Å². The molecular weight excluding hydrogens is 334 g/mol. The van der Waals surface area contributed by atoms with Crippen molar-refractivity contribution in [1.29, 1.82) is 0 Å². The van der Waals surface area contributed by atoms with Crippen LogP contribution in [0.2, 0.25) is 0 Å². The van der Waals surface area contributed by atoms with E-state index in [1.165, 1.54) is 18.5 Å². The standard InChI is InChI=1S/C23H25N3O/c1-27-21-10-4-7-18(15-21)22-11-5-12-23(25-22)19-8-6-14-26(16-19)17-20-9-2-3-13-24-20/h2-5,7,9-13,15,19H,6,8,14,16-17H2,1H3/t19-/m0/s1. The number of hydrogen-bond donors (Lipinski definition) is 0. The molecule has 27 heavy (non-hydrogen) atoms. The van der Waals surface area contributed by atoms with Gasteiger partial charge in [0.1, 0.15) is 5.75 Å². The molecule has 1 atom stereocenters. The highest BCUT2D eigenvalue weighted by Crippen LogP contribution is 2.29. The van der Waals surface area contributed by atoms with E-state index in [1.807, 2.05) is 30.5 Å². The Kier molecular flexibility index (Phi) is 5.45. The Balaban J connectivity index is 1.51. The molecule has 0 N–H and O–H groups in total. The van der Waals surface area contributed by atoms with E-state index in [0.717, 1.165) is 42.3 Å². The van der Waals surface area contributed by atoms with E-state index in [9.17, 15) is 0 Å². The molecule has 4 rings (SSSR count). The second kappa shape index (κ2) is 8.31. The monoisotopic (exact) mass is 359 g/mol. The van der Waals surface area contributed by atoms with Gasteiger partial charge in [-0.2, -0.15) is 0 Å². The summed E-state index contributed by atoms with van der Waals surface area (Å²) in [5.41, 5.74) is 4.42. The lowest BCUT2D eigenvalue weighted by atomic mass is 9.93. The molecule has 3 aromatic rings. The van der Waals surface area contributed by atoms with Crippen LogP contribution in [0.3, 0.4) is 0 Å². The van der Waals surface area contributed by atoms with E-state index in [4.69, 9.17) is 9.72 Å². The predicted octanol–water partition coefficient (Wildman–Crippen LogP) is 4.53. The number of nitrogens with zero attached hydrogens (tertiary/aromatic N) is 3. The van der Waals surface area contributed by atoms with E-state index in [-0.39, 0.29) is 0 Å². The van der Waals surface area contributed by atoms with Crippen LogP contribution in [0.25, 0.3) is 11.3 Å². The maximum absolute atomic E-state index is 5.35. The van der Waals surface area contributed by atoms with Gasteiger partial charge in [-0.25, -0.2) is 0 Å². The fourth-order valence-corrected chi connectivity index (χ4v) is 3.78. The molecule has 0 amide bonds. The van der Waals surface area contributed by atoms with Crippen molar-refractivity contribution in [2.75, 3.05) is 20.2 Å². The minimum Gasteiger partial charge on any atom is -0.497 e. The van der Waals surface area contributed by atoms with Crippen LogP contribution in [0.5, 0.6) is 5.75 Å². The first-order valence-corrected chi connectivity index (χ1v) is 9.55. The topological polar surface area (TPSA) is 38.2 Å². The van der Waals surface area contributed by atoms with E-state index >= 15 is 0 Å². The van der Waals surface area contributed by atoms with Gasteiger partial charge in [0.15, 0.2) is 0 Å². The Hall–Kier alpha value is -2.72. The van der Waals surface area contributed by atoms with E-state index in [2.05, 4.69) is 46.3 Å². The SMILES string of the molecule is COc1cccc(-c2cccc([C@H]3CCCN(Cc4ccccn4)C3)n2)c1. The van der Waals surface area contributed by atoms with Crippen LogP contribution in [-0.4, -0.2) is 35.1 Å². The van der Waals surface area contributed by atoms with Gasteiger partial charge in [0.2, 0.25) is 0 Å². The van der Waals surface area contributed by atoms with Crippen molar-refractivity contribution in [2.45, 2.75) is 25.3 Å². The third-order valence-corrected chi connectivity index (χ3v) is 5.17. The lowest BCUT2D eigenvalue weighted by Gasteiger charge is -2.32. The fourth-order valence-electron chi connectivity index (χ4n) is 3.78. The van der Waals surface area contributed by atoms with Crippen molar-refractivity contribution in [2.24, 2.45) is 0 Å². The summed E-state index contributed by atoms with van der Waals surface area (Å²) in [6.07, 6.45) is 4.26. The van der Waals surface area contributed by atoms with Crippen molar-refractivity contribution < 1.29 is 4.74 Å². The van der Waals surface area contributed by atoms with Gasteiger partial charge in [0.05, 0.1) is 18.5 Å². The molecule has 0 bridgehead atoms. The summed E-state index contributed by atoms with van der Waals surface area (Å²) in [6.45, 7) is 3.07. The summed E-state index contributed by atoms with van der Waals surface area (Å²) in [5, 5.41) is 0. The Morgan fingerprint density at radius 1 is 1.07 bits per heavy atom. The lowest BCUT2D eigenvalue weighted by molar-refractivity contribution is 0.196. The second-order valence-corrected chi connectivity index (χ2v) is 7.07. The summed E-state index contributed by atoms with van der Waals surface area (Å²) in [4.78, 5) is 12.0. The molecule has 3 heterocycles. The minimum atomic E-state index is 0.466. The number of ether oxygens (including phenoxy) is 1. The Morgan fingerprint density at radius 3 is 2.85 bits per heavy atom. The van der Waals surface area contributed by atoms with Gasteiger partial charge in [-0.15, -0.1) is 0 Å². The van der Waals surface area contributed by atoms with Crippen molar-refractivity contribution in [3.05, 3.63) is 78.2 Å². The van der Waals surface area contributed by atoms with Gasteiger partial charge in [-0.3, -0.25) is 14.9 Å². The molecule has 4 heteroatoms. The maximum Gasteiger partial charge on any atom is 0.119 e. The van der Waals surface area contributed by atoms with Crippen LogP contribution in [0.1, 0.15) is 30.1 Å². The van der Waals surface area contributed by atoms with Crippen LogP contribution in [0.4, 0.5) is 0 Å². The Labute approximate surface area is 160 Å². The molecule has 1 aliphatic heterocycles. The summed E-state index contributed by atoms with van der Waals surface area (Å²) in [7, 11) is 1.70. The molecule has 4 nitrogen and oxygen atoms in total. The Morgan fingerprint density at radius 2 is 2.00 bits per heavy atom. The summed E-state index contributed by atoms with van der Waals surface area (Å²) < 4.78 is 5.35. The number of piperidine rings is 1. The molecule has 0 radical (unpaired) electrons. The quantitative estimate of drug-likeness (QED) is 0.671. The summed E-state index contributed by atoms with van der Waals surface area (Å²) >= 11 is 0. The molecule has 1 aliphatic rings. The highest BCUT2D eigenvalue weighted by Gasteiger charge is 2.23. The van der Waals surface area contributed by atoms with Gasteiger partial charge < -0.3 is 4.74 Å². The highest BCUT2D eigenvalue weighted by atomic mass is 16.5. The number of aromatic nitrogens is 2. The molecule has 0 spiro atoms. The van der Waals surface area contributed by atoms with Crippen LogP contribution < -0.4 is 4.74 Å². The largest absolute Gasteiger partial charge is 0.497 e. The number of benzene rings is 1. The van der Waals surface area contributed by atoms with Crippen molar-refractivity contribution >= 4 is 0 Å². The maximum atomic E-state index is 5.35. The number of rotatable bonds is 5. The van der Waals surface area contributed by atoms with E-state index < -0.39 is 0 Å². The van der Waals surface area contributed by atoms with Crippen molar-refractivity contribution in [1.82, 2.24) is 14.9 Å². The zero-order valence-electron chi connectivity index (χ0n) is 15.7. The van der Waals surface area contributed by atoms with Gasteiger partial charge in [-0.05, 0) is 55.8 Å². The number of methoxy groups -OCH3 is 1. The summed E-state index contributed by atoms with van der Waals surface area (Å²) in [5.74, 6) is 1.33. The molecule has 1 aromatic carbocycles.